The SMILES string of the molecule is COC(=O)CCCn1ccc2c(Br)cccc21. The molecular weight excluding hydrogens is 282 g/mol. The summed E-state index contributed by atoms with van der Waals surface area (Å²) in [6.45, 7) is 0.828. The van der Waals surface area contributed by atoms with Gasteiger partial charge in [-0.25, -0.2) is 0 Å². The van der Waals surface area contributed by atoms with E-state index in [1.54, 1.807) is 0 Å². The summed E-state index contributed by atoms with van der Waals surface area (Å²) >= 11 is 3.53. The lowest BCUT2D eigenvalue weighted by molar-refractivity contribution is -0.140. The molecule has 90 valence electrons. The molecule has 1 heterocycles. The van der Waals surface area contributed by atoms with E-state index in [4.69, 9.17) is 0 Å². The highest BCUT2D eigenvalue weighted by Crippen LogP contribution is 2.24. The van der Waals surface area contributed by atoms with Crippen molar-refractivity contribution in [3.8, 4) is 0 Å². The fourth-order valence-electron chi connectivity index (χ4n) is 1.88. The average molecular weight is 296 g/mol. The number of carbonyl (C=O) groups is 1. The molecule has 0 spiro atoms. The van der Waals surface area contributed by atoms with Gasteiger partial charge < -0.3 is 9.30 Å². The van der Waals surface area contributed by atoms with E-state index in [0.29, 0.717) is 6.42 Å². The first-order valence-electron chi connectivity index (χ1n) is 5.52. The van der Waals surface area contributed by atoms with Gasteiger partial charge in [-0.15, -0.1) is 0 Å². The second-order valence-electron chi connectivity index (χ2n) is 3.86. The molecule has 0 atom stereocenters. The molecule has 0 aliphatic heterocycles. The molecule has 0 amide bonds. The van der Waals surface area contributed by atoms with Crippen LogP contribution in [-0.2, 0) is 16.1 Å². The molecule has 0 aliphatic rings. The number of carbonyl (C=O) groups excluding carboxylic acids is 1. The lowest BCUT2D eigenvalue weighted by atomic mass is 10.2. The number of methoxy groups -OCH3 is 1. The molecule has 0 fully saturated rings. The van der Waals surface area contributed by atoms with Crippen molar-refractivity contribution in [2.24, 2.45) is 0 Å². The fraction of sp³-hybridized carbons (Fsp3) is 0.308. The minimum atomic E-state index is -0.150. The van der Waals surface area contributed by atoms with Gasteiger partial charge >= 0.3 is 5.97 Å². The molecule has 0 radical (unpaired) electrons. The quantitative estimate of drug-likeness (QED) is 0.810. The normalized spacial score (nSPS) is 10.7. The maximum atomic E-state index is 11.0. The summed E-state index contributed by atoms with van der Waals surface area (Å²) in [5.74, 6) is -0.150. The number of aromatic nitrogens is 1. The topological polar surface area (TPSA) is 31.2 Å². The lowest BCUT2D eigenvalue weighted by Gasteiger charge is -2.05. The maximum Gasteiger partial charge on any atom is 0.305 e. The van der Waals surface area contributed by atoms with Gasteiger partial charge in [0.1, 0.15) is 0 Å². The predicted molar refractivity (Wildman–Crippen MR) is 70.9 cm³/mol. The number of hydrogen-bond donors (Lipinski definition) is 0. The number of fused-ring (bicyclic) bond motifs is 1. The largest absolute Gasteiger partial charge is 0.469 e. The summed E-state index contributed by atoms with van der Waals surface area (Å²) in [4.78, 5) is 11.0. The molecule has 0 aliphatic carbocycles. The summed E-state index contributed by atoms with van der Waals surface area (Å²) in [7, 11) is 1.42. The van der Waals surface area contributed by atoms with Crippen LogP contribution in [0.3, 0.4) is 0 Å². The molecule has 0 N–H and O–H groups in total. The van der Waals surface area contributed by atoms with Gasteiger partial charge in [-0.1, -0.05) is 22.0 Å². The second kappa shape index (κ2) is 5.36. The van der Waals surface area contributed by atoms with Gasteiger partial charge in [0.05, 0.1) is 7.11 Å². The van der Waals surface area contributed by atoms with Crippen molar-refractivity contribution in [2.45, 2.75) is 19.4 Å². The summed E-state index contributed by atoms with van der Waals surface area (Å²) in [5, 5.41) is 1.20. The summed E-state index contributed by atoms with van der Waals surface area (Å²) in [6, 6.07) is 8.21. The van der Waals surface area contributed by atoms with Crippen LogP contribution in [0.1, 0.15) is 12.8 Å². The molecule has 1 aromatic carbocycles. The number of aryl methyl sites for hydroxylation is 1. The van der Waals surface area contributed by atoms with E-state index in [0.717, 1.165) is 17.4 Å². The van der Waals surface area contributed by atoms with Crippen LogP contribution >= 0.6 is 15.9 Å². The van der Waals surface area contributed by atoms with Gasteiger partial charge in [0.2, 0.25) is 0 Å². The van der Waals surface area contributed by atoms with Crippen molar-refractivity contribution >= 4 is 32.8 Å². The van der Waals surface area contributed by atoms with E-state index in [-0.39, 0.29) is 5.97 Å². The Bertz CT molecular complexity index is 533. The Morgan fingerprint density at radius 3 is 3.00 bits per heavy atom. The first-order valence-corrected chi connectivity index (χ1v) is 6.32. The number of hydrogen-bond acceptors (Lipinski definition) is 2. The van der Waals surface area contributed by atoms with E-state index in [1.807, 2.05) is 18.3 Å². The number of nitrogens with zero attached hydrogens (tertiary/aromatic N) is 1. The lowest BCUT2D eigenvalue weighted by Crippen LogP contribution is -2.03. The summed E-state index contributed by atoms with van der Waals surface area (Å²) in [6.07, 6.45) is 3.31. The second-order valence-corrected chi connectivity index (χ2v) is 4.72. The third-order valence-corrected chi connectivity index (χ3v) is 3.46. The van der Waals surface area contributed by atoms with Crippen LogP contribution in [-0.4, -0.2) is 17.6 Å². The highest BCUT2D eigenvalue weighted by atomic mass is 79.9. The van der Waals surface area contributed by atoms with Crippen molar-refractivity contribution in [3.05, 3.63) is 34.9 Å². The monoisotopic (exact) mass is 295 g/mol. The number of ether oxygens (including phenoxy) is 1. The zero-order chi connectivity index (χ0) is 12.3. The molecule has 2 rings (SSSR count). The van der Waals surface area contributed by atoms with Gasteiger partial charge in [-0.2, -0.15) is 0 Å². The Balaban J connectivity index is 2.09. The van der Waals surface area contributed by atoms with E-state index in [9.17, 15) is 4.79 Å². The molecule has 2 aromatic rings. The zero-order valence-corrected chi connectivity index (χ0v) is 11.2. The molecule has 0 saturated carbocycles. The third-order valence-electron chi connectivity index (χ3n) is 2.77. The minimum Gasteiger partial charge on any atom is -0.469 e. The van der Waals surface area contributed by atoms with Gasteiger partial charge in [-0.05, 0) is 24.6 Å². The van der Waals surface area contributed by atoms with Crippen LogP contribution in [0.25, 0.3) is 10.9 Å². The standard InChI is InChI=1S/C13H14BrNO2/c1-17-13(16)6-3-8-15-9-7-10-11(14)4-2-5-12(10)15/h2,4-5,7,9H,3,6,8H2,1H3. The van der Waals surface area contributed by atoms with E-state index < -0.39 is 0 Å². The highest BCUT2D eigenvalue weighted by Gasteiger charge is 2.05. The number of benzene rings is 1. The van der Waals surface area contributed by atoms with Crippen LogP contribution < -0.4 is 0 Å². The molecule has 4 heteroatoms. The van der Waals surface area contributed by atoms with Gasteiger partial charge in [-0.3, -0.25) is 4.79 Å². The minimum absolute atomic E-state index is 0.150. The number of halogens is 1. The van der Waals surface area contributed by atoms with Crippen LogP contribution in [0, 0.1) is 0 Å². The van der Waals surface area contributed by atoms with Crippen molar-refractivity contribution in [2.75, 3.05) is 7.11 Å². The summed E-state index contributed by atoms with van der Waals surface area (Å²) in [5.41, 5.74) is 1.18. The molecule has 0 unspecified atom stereocenters. The average Bonchev–Trinajstić information content (AvgIpc) is 2.74. The Hall–Kier alpha value is -1.29. The Labute approximate surface area is 108 Å². The van der Waals surface area contributed by atoms with Crippen LogP contribution in [0.4, 0.5) is 0 Å². The number of esters is 1. The molecule has 0 saturated heterocycles. The van der Waals surface area contributed by atoms with Gasteiger partial charge in [0.15, 0.2) is 0 Å². The van der Waals surface area contributed by atoms with Crippen molar-refractivity contribution in [1.82, 2.24) is 4.57 Å². The van der Waals surface area contributed by atoms with Crippen LogP contribution in [0.15, 0.2) is 34.9 Å². The van der Waals surface area contributed by atoms with Crippen LogP contribution in [0.2, 0.25) is 0 Å². The Morgan fingerprint density at radius 2 is 2.24 bits per heavy atom. The molecule has 3 nitrogen and oxygen atoms in total. The van der Waals surface area contributed by atoms with Crippen molar-refractivity contribution in [1.29, 1.82) is 0 Å². The zero-order valence-electron chi connectivity index (χ0n) is 9.65. The van der Waals surface area contributed by atoms with Crippen LogP contribution in [0.5, 0.6) is 0 Å². The molecular formula is C13H14BrNO2. The van der Waals surface area contributed by atoms with Crippen molar-refractivity contribution < 1.29 is 9.53 Å². The molecule has 1 aromatic heterocycles. The third kappa shape index (κ3) is 2.69. The smallest absolute Gasteiger partial charge is 0.305 e. The first kappa shape index (κ1) is 12.2. The fourth-order valence-corrected chi connectivity index (χ4v) is 2.36. The Morgan fingerprint density at radius 1 is 1.41 bits per heavy atom. The maximum absolute atomic E-state index is 11.0. The number of rotatable bonds is 4. The van der Waals surface area contributed by atoms with Gasteiger partial charge in [0, 0.05) is 34.5 Å². The van der Waals surface area contributed by atoms with E-state index in [1.165, 1.54) is 18.0 Å². The predicted octanol–water partition coefficient (Wildman–Crippen LogP) is 3.36. The van der Waals surface area contributed by atoms with E-state index >= 15 is 0 Å². The molecule has 17 heavy (non-hydrogen) atoms. The van der Waals surface area contributed by atoms with Crippen molar-refractivity contribution in [3.63, 3.8) is 0 Å². The Kier molecular flexibility index (Phi) is 3.84. The highest BCUT2D eigenvalue weighted by molar-refractivity contribution is 9.10. The summed E-state index contributed by atoms with van der Waals surface area (Å²) < 4.78 is 7.88. The van der Waals surface area contributed by atoms with E-state index in [2.05, 4.69) is 37.4 Å². The molecule has 0 bridgehead atoms. The van der Waals surface area contributed by atoms with Gasteiger partial charge in [0.25, 0.3) is 0 Å². The first-order chi connectivity index (χ1) is 8.22.